The Kier molecular flexibility index (Phi) is 4.96. The van der Waals surface area contributed by atoms with Crippen LogP contribution in [0.15, 0.2) is 45.8 Å². The van der Waals surface area contributed by atoms with Crippen molar-refractivity contribution in [1.29, 1.82) is 0 Å². The van der Waals surface area contributed by atoms with Crippen LogP contribution in [0.1, 0.15) is 5.56 Å². The standard InChI is InChI=1S/C17H12ClN3O3S2/c18-11-6-14-13(23-9-24-14)5-10(11)7-19-21-16(22)8-25-17-20-12-3-1-2-4-15(12)26-17/h1-7H,8-9H2,(H,21,22)/b19-7-. The van der Waals surface area contributed by atoms with Gasteiger partial charge in [-0.25, -0.2) is 10.4 Å². The fourth-order valence-electron chi connectivity index (χ4n) is 2.28. The van der Waals surface area contributed by atoms with Gasteiger partial charge in [-0.1, -0.05) is 35.5 Å². The van der Waals surface area contributed by atoms with Crippen molar-refractivity contribution in [3.63, 3.8) is 0 Å². The molecule has 0 bridgehead atoms. The van der Waals surface area contributed by atoms with Gasteiger partial charge in [-0.3, -0.25) is 4.79 Å². The van der Waals surface area contributed by atoms with Crippen LogP contribution in [0.2, 0.25) is 5.02 Å². The van der Waals surface area contributed by atoms with Crippen LogP contribution in [0.5, 0.6) is 11.5 Å². The zero-order chi connectivity index (χ0) is 17.9. The van der Waals surface area contributed by atoms with Gasteiger partial charge in [-0.15, -0.1) is 11.3 Å². The van der Waals surface area contributed by atoms with Gasteiger partial charge in [0.25, 0.3) is 5.91 Å². The number of carbonyl (C=O) groups is 1. The van der Waals surface area contributed by atoms with E-state index in [1.807, 2.05) is 24.3 Å². The number of hydrogen-bond donors (Lipinski definition) is 1. The van der Waals surface area contributed by atoms with Crippen LogP contribution >= 0.6 is 34.7 Å². The topological polar surface area (TPSA) is 72.8 Å². The van der Waals surface area contributed by atoms with Gasteiger partial charge in [0.15, 0.2) is 15.8 Å². The number of nitrogens with one attached hydrogen (secondary N) is 1. The van der Waals surface area contributed by atoms with Crippen LogP contribution in [-0.2, 0) is 4.79 Å². The van der Waals surface area contributed by atoms with E-state index >= 15 is 0 Å². The number of para-hydroxylation sites is 1. The minimum absolute atomic E-state index is 0.173. The molecular weight excluding hydrogens is 394 g/mol. The fraction of sp³-hybridized carbons (Fsp3) is 0.118. The van der Waals surface area contributed by atoms with Gasteiger partial charge in [-0.2, -0.15) is 5.10 Å². The van der Waals surface area contributed by atoms with Crippen molar-refractivity contribution in [2.24, 2.45) is 5.10 Å². The molecule has 0 aliphatic carbocycles. The summed E-state index contributed by atoms with van der Waals surface area (Å²) >= 11 is 9.09. The second kappa shape index (κ2) is 7.53. The summed E-state index contributed by atoms with van der Waals surface area (Å²) in [7, 11) is 0. The Morgan fingerprint density at radius 2 is 2.15 bits per heavy atom. The maximum atomic E-state index is 11.9. The van der Waals surface area contributed by atoms with Crippen LogP contribution in [0.3, 0.4) is 0 Å². The highest BCUT2D eigenvalue weighted by molar-refractivity contribution is 8.01. The first-order valence-electron chi connectivity index (χ1n) is 7.58. The van der Waals surface area contributed by atoms with Gasteiger partial charge in [0.2, 0.25) is 6.79 Å². The fourth-order valence-corrected chi connectivity index (χ4v) is 4.34. The number of amides is 1. The normalized spacial score (nSPS) is 12.8. The Balaban J connectivity index is 1.33. The third kappa shape index (κ3) is 3.77. The van der Waals surface area contributed by atoms with Gasteiger partial charge in [-0.05, 0) is 18.2 Å². The molecule has 0 atom stereocenters. The van der Waals surface area contributed by atoms with E-state index in [1.54, 1.807) is 23.5 Å². The molecule has 1 aromatic heterocycles. The lowest BCUT2D eigenvalue weighted by atomic mass is 10.2. The molecular formula is C17H12ClN3O3S2. The highest BCUT2D eigenvalue weighted by Gasteiger charge is 2.15. The second-order valence-corrected chi connectivity index (χ2v) is 7.92. The number of ether oxygens (including phenoxy) is 2. The summed E-state index contributed by atoms with van der Waals surface area (Å²) in [6.07, 6.45) is 1.48. The number of carbonyl (C=O) groups excluding carboxylic acids is 1. The van der Waals surface area contributed by atoms with Crippen molar-refractivity contribution >= 4 is 57.0 Å². The van der Waals surface area contributed by atoms with Gasteiger partial charge in [0.1, 0.15) is 0 Å². The molecule has 0 saturated carbocycles. The molecule has 1 aliphatic heterocycles. The zero-order valence-electron chi connectivity index (χ0n) is 13.3. The molecule has 9 heteroatoms. The highest BCUT2D eigenvalue weighted by atomic mass is 35.5. The number of thioether (sulfide) groups is 1. The largest absolute Gasteiger partial charge is 0.454 e. The minimum atomic E-state index is -0.220. The summed E-state index contributed by atoms with van der Waals surface area (Å²) in [4.78, 5) is 16.4. The first kappa shape index (κ1) is 17.1. The number of benzene rings is 2. The van der Waals surface area contributed by atoms with E-state index in [2.05, 4.69) is 15.5 Å². The average molecular weight is 406 g/mol. The summed E-state index contributed by atoms with van der Waals surface area (Å²) in [5.41, 5.74) is 4.06. The second-order valence-electron chi connectivity index (χ2n) is 5.26. The molecule has 1 amide bonds. The summed E-state index contributed by atoms with van der Waals surface area (Å²) in [5, 5.41) is 4.42. The van der Waals surface area contributed by atoms with Crippen molar-refractivity contribution in [3.05, 3.63) is 47.0 Å². The third-order valence-corrected chi connectivity index (χ3v) is 5.99. The number of rotatable bonds is 5. The van der Waals surface area contributed by atoms with Gasteiger partial charge < -0.3 is 9.47 Å². The first-order chi connectivity index (χ1) is 12.7. The summed E-state index contributed by atoms with van der Waals surface area (Å²) in [5.74, 6) is 1.21. The van der Waals surface area contributed by atoms with Crippen molar-refractivity contribution in [1.82, 2.24) is 10.4 Å². The SMILES string of the molecule is O=C(CSc1nc2ccccc2s1)N/N=C\c1cc2c(cc1Cl)OCO2. The number of fused-ring (bicyclic) bond motifs is 2. The molecule has 0 saturated heterocycles. The van der Waals surface area contributed by atoms with Crippen molar-refractivity contribution in [2.45, 2.75) is 4.34 Å². The number of halogens is 1. The van der Waals surface area contributed by atoms with Crippen LogP contribution in [0, 0.1) is 0 Å². The Morgan fingerprint density at radius 3 is 3.00 bits per heavy atom. The smallest absolute Gasteiger partial charge is 0.250 e. The van der Waals surface area contributed by atoms with Crippen LogP contribution < -0.4 is 14.9 Å². The molecule has 6 nitrogen and oxygen atoms in total. The molecule has 1 N–H and O–H groups in total. The van der Waals surface area contributed by atoms with E-state index < -0.39 is 0 Å². The Morgan fingerprint density at radius 1 is 1.35 bits per heavy atom. The minimum Gasteiger partial charge on any atom is -0.454 e. The molecule has 132 valence electrons. The molecule has 0 unspecified atom stereocenters. The quantitative estimate of drug-likeness (QED) is 0.395. The van der Waals surface area contributed by atoms with Crippen LogP contribution in [0.4, 0.5) is 0 Å². The third-order valence-electron chi connectivity index (χ3n) is 3.49. The summed E-state index contributed by atoms with van der Waals surface area (Å²) in [6, 6.07) is 11.3. The van der Waals surface area contributed by atoms with Gasteiger partial charge >= 0.3 is 0 Å². The maximum absolute atomic E-state index is 11.9. The highest BCUT2D eigenvalue weighted by Crippen LogP contribution is 2.36. The van der Waals surface area contributed by atoms with Crippen LogP contribution in [0.25, 0.3) is 10.2 Å². The number of thiazole rings is 1. The summed E-state index contributed by atoms with van der Waals surface area (Å²) < 4.78 is 12.5. The Bertz CT molecular complexity index is 973. The average Bonchev–Trinajstić information content (AvgIpc) is 3.25. The predicted octanol–water partition coefficient (Wildman–Crippen LogP) is 3.92. The molecule has 0 fully saturated rings. The van der Waals surface area contributed by atoms with Crippen molar-refractivity contribution < 1.29 is 14.3 Å². The number of hydrogen-bond acceptors (Lipinski definition) is 7. The van der Waals surface area contributed by atoms with E-state index in [4.69, 9.17) is 21.1 Å². The Labute approximate surface area is 162 Å². The first-order valence-corrected chi connectivity index (χ1v) is 9.76. The van der Waals surface area contributed by atoms with E-state index in [0.29, 0.717) is 22.1 Å². The van der Waals surface area contributed by atoms with Crippen molar-refractivity contribution in [2.75, 3.05) is 12.5 Å². The molecule has 0 spiro atoms. The molecule has 1 aliphatic rings. The van der Waals surface area contributed by atoms with Gasteiger partial charge in [0, 0.05) is 11.6 Å². The molecule has 26 heavy (non-hydrogen) atoms. The van der Waals surface area contributed by atoms with E-state index in [-0.39, 0.29) is 18.5 Å². The number of hydrazone groups is 1. The zero-order valence-corrected chi connectivity index (χ0v) is 15.7. The summed E-state index contributed by atoms with van der Waals surface area (Å²) in [6.45, 7) is 0.173. The van der Waals surface area contributed by atoms with E-state index in [9.17, 15) is 4.79 Å². The molecule has 0 radical (unpaired) electrons. The predicted molar refractivity (Wildman–Crippen MR) is 104 cm³/mol. The van der Waals surface area contributed by atoms with Crippen molar-refractivity contribution in [3.8, 4) is 11.5 Å². The lowest BCUT2D eigenvalue weighted by Crippen LogP contribution is -2.19. The Hall–Kier alpha value is -2.29. The molecule has 2 heterocycles. The van der Waals surface area contributed by atoms with Crippen LogP contribution in [-0.4, -0.2) is 29.7 Å². The lowest BCUT2D eigenvalue weighted by molar-refractivity contribution is -0.118. The van der Waals surface area contributed by atoms with Gasteiger partial charge in [0.05, 0.1) is 27.2 Å². The number of aromatic nitrogens is 1. The van der Waals surface area contributed by atoms with E-state index in [1.165, 1.54) is 18.0 Å². The molecule has 4 rings (SSSR count). The molecule has 3 aromatic rings. The molecule has 2 aromatic carbocycles. The lowest BCUT2D eigenvalue weighted by Gasteiger charge is -2.01. The van der Waals surface area contributed by atoms with E-state index in [0.717, 1.165) is 14.6 Å². The maximum Gasteiger partial charge on any atom is 0.250 e. The monoisotopic (exact) mass is 405 g/mol. The number of nitrogens with zero attached hydrogens (tertiary/aromatic N) is 2.